The molecule has 0 bridgehead atoms. The van der Waals surface area contributed by atoms with E-state index >= 15 is 0 Å². The number of aryl methyl sites for hydroxylation is 1. The van der Waals surface area contributed by atoms with E-state index in [0.717, 1.165) is 0 Å². The number of nitrogens with two attached hydrogens (primary N) is 1. The molecule has 0 aliphatic rings. The van der Waals surface area contributed by atoms with Crippen LogP contribution in [-0.2, 0) is 7.05 Å². The normalized spacial score (nSPS) is 13.9. The van der Waals surface area contributed by atoms with Crippen LogP contribution in [0.4, 0.5) is 8.78 Å². The Balaban J connectivity index is 2.76. The molecule has 0 aromatic carbocycles. The number of rotatable bonds is 2. The average molecular weight is 162 g/mol. The van der Waals surface area contributed by atoms with Gasteiger partial charge < -0.3 is 5.73 Å². The highest BCUT2D eigenvalue weighted by molar-refractivity contribution is 5.00. The average Bonchev–Trinajstić information content (AvgIpc) is 2.34. The lowest BCUT2D eigenvalue weighted by molar-refractivity contribution is 0.114. The van der Waals surface area contributed by atoms with Crippen LogP contribution in [0.1, 0.15) is 11.7 Å². The summed E-state index contributed by atoms with van der Waals surface area (Å²) in [6.45, 7) is 0. The standard InChI is InChI=1S/C5H8F2N4/c1-11-2-3(9-10-11)4(8)5(6)7/h2,4-5H,8H2,1H3. The van der Waals surface area contributed by atoms with Gasteiger partial charge in [-0.3, -0.25) is 4.68 Å². The first-order valence-electron chi connectivity index (χ1n) is 3.01. The molecule has 1 aromatic rings. The topological polar surface area (TPSA) is 56.7 Å². The predicted octanol–water partition coefficient (Wildman–Crippen LogP) is 0.0800. The molecule has 1 unspecified atom stereocenters. The van der Waals surface area contributed by atoms with Crippen molar-refractivity contribution in [3.63, 3.8) is 0 Å². The summed E-state index contributed by atoms with van der Waals surface area (Å²) in [4.78, 5) is 0. The fourth-order valence-corrected chi connectivity index (χ4v) is 0.647. The molecule has 62 valence electrons. The summed E-state index contributed by atoms with van der Waals surface area (Å²) in [6, 6.07) is -1.33. The van der Waals surface area contributed by atoms with Gasteiger partial charge in [-0.2, -0.15) is 0 Å². The maximum atomic E-state index is 11.9. The van der Waals surface area contributed by atoms with E-state index in [4.69, 9.17) is 5.73 Å². The molecule has 0 radical (unpaired) electrons. The molecule has 11 heavy (non-hydrogen) atoms. The molecule has 6 heteroatoms. The molecule has 2 N–H and O–H groups in total. The molecular weight excluding hydrogens is 154 g/mol. The van der Waals surface area contributed by atoms with Gasteiger partial charge in [0.15, 0.2) is 0 Å². The Kier molecular flexibility index (Phi) is 2.13. The van der Waals surface area contributed by atoms with Gasteiger partial charge in [0, 0.05) is 13.2 Å². The molecule has 0 spiro atoms. The van der Waals surface area contributed by atoms with Gasteiger partial charge in [0.2, 0.25) is 0 Å². The number of aromatic nitrogens is 3. The van der Waals surface area contributed by atoms with Crippen molar-refractivity contribution in [3.8, 4) is 0 Å². The minimum absolute atomic E-state index is 0.113. The summed E-state index contributed by atoms with van der Waals surface area (Å²) in [5.41, 5.74) is 5.20. The monoisotopic (exact) mass is 162 g/mol. The lowest BCUT2D eigenvalue weighted by atomic mass is 10.2. The first-order chi connectivity index (χ1) is 5.11. The van der Waals surface area contributed by atoms with Crippen molar-refractivity contribution in [2.75, 3.05) is 0 Å². The third-order valence-electron chi connectivity index (χ3n) is 1.23. The quantitative estimate of drug-likeness (QED) is 0.670. The molecule has 4 nitrogen and oxygen atoms in total. The second-order valence-corrected chi connectivity index (χ2v) is 2.18. The van der Waals surface area contributed by atoms with Crippen LogP contribution >= 0.6 is 0 Å². The van der Waals surface area contributed by atoms with Crippen molar-refractivity contribution in [2.24, 2.45) is 12.8 Å². The lowest BCUT2D eigenvalue weighted by Crippen LogP contribution is -2.19. The number of hydrogen-bond acceptors (Lipinski definition) is 3. The summed E-state index contributed by atoms with van der Waals surface area (Å²) < 4.78 is 25.2. The van der Waals surface area contributed by atoms with E-state index in [9.17, 15) is 8.78 Å². The Morgan fingerprint density at radius 1 is 1.64 bits per heavy atom. The van der Waals surface area contributed by atoms with E-state index in [1.165, 1.54) is 10.9 Å². The zero-order valence-corrected chi connectivity index (χ0v) is 5.91. The lowest BCUT2D eigenvalue weighted by Gasteiger charge is -2.04. The molecule has 0 fully saturated rings. The summed E-state index contributed by atoms with van der Waals surface area (Å²) in [5.74, 6) is 0. The van der Waals surface area contributed by atoms with Crippen molar-refractivity contribution in [2.45, 2.75) is 12.5 Å². The minimum Gasteiger partial charge on any atom is -0.318 e. The zero-order valence-electron chi connectivity index (χ0n) is 5.91. The van der Waals surface area contributed by atoms with E-state index < -0.39 is 12.5 Å². The molecule has 0 saturated carbocycles. The number of hydrogen-bond donors (Lipinski definition) is 1. The molecule has 1 atom stereocenters. The summed E-state index contributed by atoms with van der Waals surface area (Å²) >= 11 is 0. The van der Waals surface area contributed by atoms with Crippen molar-refractivity contribution in [3.05, 3.63) is 11.9 Å². The highest BCUT2D eigenvalue weighted by Gasteiger charge is 2.19. The van der Waals surface area contributed by atoms with Gasteiger partial charge in [0.25, 0.3) is 6.43 Å². The van der Waals surface area contributed by atoms with Crippen LogP contribution in [-0.4, -0.2) is 21.4 Å². The van der Waals surface area contributed by atoms with Crippen LogP contribution in [0.5, 0.6) is 0 Å². The predicted molar refractivity (Wildman–Crippen MR) is 33.9 cm³/mol. The van der Waals surface area contributed by atoms with Gasteiger partial charge in [-0.05, 0) is 0 Å². The Morgan fingerprint density at radius 3 is 2.64 bits per heavy atom. The molecule has 0 saturated heterocycles. The van der Waals surface area contributed by atoms with Crippen LogP contribution in [0.3, 0.4) is 0 Å². The van der Waals surface area contributed by atoms with E-state index in [1.807, 2.05) is 0 Å². The smallest absolute Gasteiger partial charge is 0.259 e. The largest absolute Gasteiger partial charge is 0.318 e. The molecule has 1 aromatic heterocycles. The SMILES string of the molecule is Cn1cc(C(N)C(F)F)nn1. The number of alkyl halides is 2. The Hall–Kier alpha value is -1.04. The first kappa shape index (κ1) is 8.06. The van der Waals surface area contributed by atoms with Gasteiger partial charge in [-0.15, -0.1) is 5.10 Å². The maximum absolute atomic E-state index is 11.9. The fraction of sp³-hybridized carbons (Fsp3) is 0.600. The molecule has 0 aliphatic carbocycles. The Morgan fingerprint density at radius 2 is 2.27 bits per heavy atom. The molecular formula is C5H8F2N4. The van der Waals surface area contributed by atoms with Crippen LogP contribution in [0.15, 0.2) is 6.20 Å². The van der Waals surface area contributed by atoms with Gasteiger partial charge in [-0.25, -0.2) is 8.78 Å². The van der Waals surface area contributed by atoms with Gasteiger partial charge in [0.1, 0.15) is 11.7 Å². The zero-order chi connectivity index (χ0) is 8.43. The van der Waals surface area contributed by atoms with Crippen molar-refractivity contribution in [1.29, 1.82) is 0 Å². The van der Waals surface area contributed by atoms with Gasteiger partial charge in [0.05, 0.1) is 0 Å². The van der Waals surface area contributed by atoms with Gasteiger partial charge in [-0.1, -0.05) is 5.21 Å². The van der Waals surface area contributed by atoms with Crippen LogP contribution in [0.25, 0.3) is 0 Å². The molecule has 0 aliphatic heterocycles. The van der Waals surface area contributed by atoms with Crippen molar-refractivity contribution >= 4 is 0 Å². The number of nitrogens with zero attached hydrogens (tertiary/aromatic N) is 3. The fourth-order valence-electron chi connectivity index (χ4n) is 0.647. The summed E-state index contributed by atoms with van der Waals surface area (Å²) in [7, 11) is 1.59. The third-order valence-corrected chi connectivity index (χ3v) is 1.23. The molecule has 1 rings (SSSR count). The summed E-state index contributed by atoms with van der Waals surface area (Å²) in [5, 5.41) is 6.92. The first-order valence-corrected chi connectivity index (χ1v) is 3.01. The highest BCUT2D eigenvalue weighted by atomic mass is 19.3. The van der Waals surface area contributed by atoms with E-state index in [0.29, 0.717) is 0 Å². The minimum atomic E-state index is -2.59. The van der Waals surface area contributed by atoms with Crippen LogP contribution in [0, 0.1) is 0 Å². The maximum Gasteiger partial charge on any atom is 0.259 e. The molecule has 0 amide bonds. The van der Waals surface area contributed by atoms with E-state index in [-0.39, 0.29) is 5.69 Å². The summed E-state index contributed by atoms with van der Waals surface area (Å²) in [6.07, 6.45) is -1.22. The Labute approximate surface area is 62.0 Å². The van der Waals surface area contributed by atoms with Crippen molar-refractivity contribution < 1.29 is 8.78 Å². The number of halogens is 2. The molecule has 1 heterocycles. The second-order valence-electron chi connectivity index (χ2n) is 2.18. The van der Waals surface area contributed by atoms with E-state index in [1.54, 1.807) is 7.05 Å². The highest BCUT2D eigenvalue weighted by Crippen LogP contribution is 2.13. The van der Waals surface area contributed by atoms with Crippen molar-refractivity contribution in [1.82, 2.24) is 15.0 Å². The van der Waals surface area contributed by atoms with Crippen LogP contribution in [0.2, 0.25) is 0 Å². The second kappa shape index (κ2) is 2.91. The van der Waals surface area contributed by atoms with E-state index in [2.05, 4.69) is 10.3 Å². The van der Waals surface area contributed by atoms with Crippen LogP contribution < -0.4 is 5.73 Å². The van der Waals surface area contributed by atoms with Gasteiger partial charge >= 0.3 is 0 Å². The Bertz CT molecular complexity index is 234. The third kappa shape index (κ3) is 1.70.